The van der Waals surface area contributed by atoms with Gasteiger partial charge >= 0.3 is 0 Å². The van der Waals surface area contributed by atoms with E-state index in [4.69, 9.17) is 4.15 Å². The van der Waals surface area contributed by atoms with E-state index in [1.54, 1.807) is 24.3 Å². The molecule has 5 aromatic carbocycles. The molecule has 200 valence electrons. The van der Waals surface area contributed by atoms with Crippen LogP contribution in [0.4, 0.5) is 0 Å². The fraction of sp³-hybridized carbons (Fsp3) is 0.0588. The van der Waals surface area contributed by atoms with Crippen molar-refractivity contribution >= 4 is 33.4 Å². The minimum absolute atomic E-state index is 0.182. The van der Waals surface area contributed by atoms with Gasteiger partial charge in [0.2, 0.25) is 0 Å². The standard InChI is InChI=1S/C34H31N2O2PS/c1-28-22-24-33(25-23-28)40(37,38)36-39(31-18-10-4-11-19-31,32-20-12-5-13-21-32)27-34(30-16-8-3-9-17-30)35-26-29-14-6-2-7-15-29/h2-25,27,35H,26H2,1H3/b34-27-. The molecule has 6 heteroatoms. The molecule has 0 bridgehead atoms. The third-order valence-electron chi connectivity index (χ3n) is 6.58. The summed E-state index contributed by atoms with van der Waals surface area (Å²) in [6.07, 6.45) is 0. The minimum atomic E-state index is -4.02. The molecule has 5 aromatic rings. The maximum Gasteiger partial charge on any atom is 0.281 e. The van der Waals surface area contributed by atoms with Crippen LogP contribution in [0.1, 0.15) is 16.7 Å². The molecule has 0 spiro atoms. The van der Waals surface area contributed by atoms with Crippen molar-refractivity contribution in [2.24, 2.45) is 4.15 Å². The van der Waals surface area contributed by atoms with Crippen LogP contribution in [0.5, 0.6) is 0 Å². The van der Waals surface area contributed by atoms with Crippen molar-refractivity contribution in [1.29, 1.82) is 0 Å². The fourth-order valence-corrected chi connectivity index (χ4v) is 10.1. The third kappa shape index (κ3) is 6.34. The van der Waals surface area contributed by atoms with E-state index in [-0.39, 0.29) is 4.90 Å². The summed E-state index contributed by atoms with van der Waals surface area (Å²) in [5.41, 5.74) is 3.89. The van der Waals surface area contributed by atoms with E-state index in [1.165, 1.54) is 0 Å². The van der Waals surface area contributed by atoms with Crippen molar-refractivity contribution in [3.63, 3.8) is 0 Å². The Morgan fingerprint density at radius 3 is 1.68 bits per heavy atom. The van der Waals surface area contributed by atoms with Gasteiger partial charge in [0.25, 0.3) is 10.0 Å². The summed E-state index contributed by atoms with van der Waals surface area (Å²) in [4.78, 5) is 0.182. The van der Waals surface area contributed by atoms with Gasteiger partial charge in [0.15, 0.2) is 0 Å². The molecule has 0 aromatic heterocycles. The van der Waals surface area contributed by atoms with Crippen molar-refractivity contribution < 1.29 is 8.42 Å². The molecule has 0 unspecified atom stereocenters. The maximum atomic E-state index is 14.0. The molecule has 4 nitrogen and oxygen atoms in total. The Labute approximate surface area is 237 Å². The average Bonchev–Trinajstić information content (AvgIpc) is 3.00. The molecule has 0 heterocycles. The molecule has 0 atom stereocenters. The normalized spacial score (nSPS) is 12.1. The summed E-state index contributed by atoms with van der Waals surface area (Å²) < 4.78 is 32.9. The van der Waals surface area contributed by atoms with Crippen LogP contribution in [0.25, 0.3) is 5.70 Å². The predicted octanol–water partition coefficient (Wildman–Crippen LogP) is 7.32. The lowest BCUT2D eigenvalue weighted by Crippen LogP contribution is -2.19. The first-order chi connectivity index (χ1) is 19.5. The van der Waals surface area contributed by atoms with E-state index in [0.29, 0.717) is 6.54 Å². The van der Waals surface area contributed by atoms with Crippen molar-refractivity contribution in [1.82, 2.24) is 5.32 Å². The first-order valence-electron chi connectivity index (χ1n) is 13.1. The number of aryl methyl sites for hydroxylation is 1. The lowest BCUT2D eigenvalue weighted by Gasteiger charge is -2.25. The predicted molar refractivity (Wildman–Crippen MR) is 168 cm³/mol. The summed E-state index contributed by atoms with van der Waals surface area (Å²) >= 11 is 0. The number of hydrogen-bond acceptors (Lipinski definition) is 3. The van der Waals surface area contributed by atoms with Crippen LogP contribution in [0.15, 0.2) is 160 Å². The molecule has 0 aliphatic rings. The highest BCUT2D eigenvalue weighted by molar-refractivity contribution is 7.98. The van der Waals surface area contributed by atoms with E-state index in [2.05, 4.69) is 23.3 Å². The van der Waals surface area contributed by atoms with E-state index in [0.717, 1.165) is 33.0 Å². The largest absolute Gasteiger partial charge is 0.380 e. The summed E-state index contributed by atoms with van der Waals surface area (Å²) in [6.45, 7) is 2.52. The molecule has 40 heavy (non-hydrogen) atoms. The lowest BCUT2D eigenvalue weighted by atomic mass is 10.1. The molecule has 0 aliphatic carbocycles. The van der Waals surface area contributed by atoms with Crippen molar-refractivity contribution in [3.8, 4) is 0 Å². The topological polar surface area (TPSA) is 58.5 Å². The highest BCUT2D eigenvalue weighted by atomic mass is 32.2. The molecular weight excluding hydrogens is 531 g/mol. The highest BCUT2D eigenvalue weighted by Crippen LogP contribution is 2.52. The number of hydrogen-bond donors (Lipinski definition) is 1. The van der Waals surface area contributed by atoms with E-state index >= 15 is 0 Å². The summed E-state index contributed by atoms with van der Waals surface area (Å²) in [5, 5.41) is 5.32. The Bertz CT molecular complexity index is 1690. The monoisotopic (exact) mass is 562 g/mol. The van der Waals surface area contributed by atoms with Gasteiger partial charge in [-0.25, -0.2) is 0 Å². The van der Waals surface area contributed by atoms with Crippen molar-refractivity contribution in [3.05, 3.63) is 168 Å². The van der Waals surface area contributed by atoms with Gasteiger partial charge in [-0.3, -0.25) is 0 Å². The van der Waals surface area contributed by atoms with Crippen LogP contribution in [-0.4, -0.2) is 8.42 Å². The molecule has 0 radical (unpaired) electrons. The van der Waals surface area contributed by atoms with Gasteiger partial charge in [0.1, 0.15) is 0 Å². The van der Waals surface area contributed by atoms with Gasteiger partial charge in [0, 0.05) is 22.9 Å². The second-order valence-corrected chi connectivity index (χ2v) is 14.2. The van der Waals surface area contributed by atoms with Gasteiger partial charge in [-0.1, -0.05) is 139 Å². The smallest absolute Gasteiger partial charge is 0.281 e. The third-order valence-corrected chi connectivity index (χ3v) is 12.1. The summed E-state index contributed by atoms with van der Waals surface area (Å²) in [6, 6.07) is 46.6. The summed E-state index contributed by atoms with van der Waals surface area (Å²) in [5.74, 6) is 2.06. The average molecular weight is 563 g/mol. The molecule has 0 saturated heterocycles. The zero-order chi connectivity index (χ0) is 27.8. The first kappa shape index (κ1) is 27.4. The number of nitrogens with zero attached hydrogens (tertiary/aromatic N) is 1. The second kappa shape index (κ2) is 12.3. The Morgan fingerprint density at radius 1 is 0.675 bits per heavy atom. The number of nitrogens with one attached hydrogen (secondary N) is 1. The SMILES string of the molecule is Cc1ccc(S(=O)(=O)N=P(/C=C(\NCc2ccccc2)c2ccccc2)(c2ccccc2)c2ccccc2)cc1. The number of sulfonamides is 1. The molecule has 0 saturated carbocycles. The van der Waals surface area contributed by atoms with Crippen LogP contribution in [0.2, 0.25) is 0 Å². The summed E-state index contributed by atoms with van der Waals surface area (Å²) in [7, 11) is -7.05. The van der Waals surface area contributed by atoms with Gasteiger partial charge in [-0.15, -0.1) is 0 Å². The molecular formula is C34H31N2O2PS. The van der Waals surface area contributed by atoms with Crippen molar-refractivity contribution in [2.75, 3.05) is 0 Å². The van der Waals surface area contributed by atoms with E-state index in [1.807, 2.05) is 116 Å². The molecule has 0 amide bonds. The van der Waals surface area contributed by atoms with Gasteiger partial charge in [-0.2, -0.15) is 12.6 Å². The first-order valence-corrected chi connectivity index (χ1v) is 16.3. The van der Waals surface area contributed by atoms with Crippen LogP contribution >= 0.6 is 7.05 Å². The Kier molecular flexibility index (Phi) is 8.45. The second-order valence-electron chi connectivity index (χ2n) is 9.47. The van der Waals surface area contributed by atoms with Crippen molar-refractivity contribution in [2.45, 2.75) is 18.4 Å². The Morgan fingerprint density at radius 2 is 1.15 bits per heavy atom. The number of benzene rings is 5. The zero-order valence-electron chi connectivity index (χ0n) is 22.3. The van der Waals surface area contributed by atoms with Crippen LogP contribution in [0.3, 0.4) is 0 Å². The minimum Gasteiger partial charge on any atom is -0.380 e. The van der Waals surface area contributed by atoms with E-state index < -0.39 is 17.1 Å². The van der Waals surface area contributed by atoms with Crippen LogP contribution in [-0.2, 0) is 16.6 Å². The lowest BCUT2D eigenvalue weighted by molar-refractivity contribution is 0.598. The fourth-order valence-electron chi connectivity index (χ4n) is 4.47. The Hall–Kier alpha value is -4.18. The zero-order valence-corrected chi connectivity index (χ0v) is 24.0. The Balaban J connectivity index is 1.81. The molecule has 1 N–H and O–H groups in total. The van der Waals surface area contributed by atoms with Gasteiger partial charge in [-0.05, 0) is 36.0 Å². The van der Waals surface area contributed by atoms with Crippen LogP contribution < -0.4 is 15.9 Å². The molecule has 0 aliphatic heterocycles. The molecule has 0 fully saturated rings. The quantitative estimate of drug-likeness (QED) is 0.192. The highest BCUT2D eigenvalue weighted by Gasteiger charge is 2.28. The number of rotatable bonds is 9. The van der Waals surface area contributed by atoms with Gasteiger partial charge < -0.3 is 5.32 Å². The van der Waals surface area contributed by atoms with Gasteiger partial charge in [0.05, 0.1) is 11.9 Å². The maximum absolute atomic E-state index is 14.0. The van der Waals surface area contributed by atoms with Crippen LogP contribution in [0, 0.1) is 6.92 Å². The van der Waals surface area contributed by atoms with E-state index in [9.17, 15) is 8.42 Å². The molecule has 5 rings (SSSR count).